The van der Waals surface area contributed by atoms with Gasteiger partial charge in [0.05, 0.1) is 26.4 Å². The number of nitrogens with zero attached hydrogens (tertiary/aromatic N) is 1. The van der Waals surface area contributed by atoms with Crippen LogP contribution in [0.4, 0.5) is 10.1 Å². The fourth-order valence-electron chi connectivity index (χ4n) is 2.82. The largest absolute Gasteiger partial charge is 0.489 e. The molecule has 7 nitrogen and oxygen atoms in total. The molecule has 8 heteroatoms. The summed E-state index contributed by atoms with van der Waals surface area (Å²) in [6, 6.07) is 12.9. The number of ether oxygens (including phenoxy) is 4. The highest BCUT2D eigenvalue weighted by molar-refractivity contribution is 6.03. The molecule has 29 heavy (non-hydrogen) atoms. The molecule has 0 spiro atoms. The Labute approximate surface area is 167 Å². The van der Waals surface area contributed by atoms with Crippen molar-refractivity contribution in [2.75, 3.05) is 32.5 Å². The van der Waals surface area contributed by atoms with Crippen LogP contribution in [0.15, 0.2) is 59.8 Å². The molecule has 2 aromatic carbocycles. The molecule has 0 N–H and O–H groups in total. The van der Waals surface area contributed by atoms with Crippen molar-refractivity contribution < 1.29 is 32.9 Å². The molecule has 0 saturated heterocycles. The summed E-state index contributed by atoms with van der Waals surface area (Å²) in [5, 5.41) is 0. The van der Waals surface area contributed by atoms with Crippen LogP contribution in [-0.2, 0) is 30.4 Å². The number of halogens is 1. The van der Waals surface area contributed by atoms with Gasteiger partial charge in [0.1, 0.15) is 30.6 Å². The number of hydrogen-bond donors (Lipinski definition) is 0. The predicted molar refractivity (Wildman–Crippen MR) is 102 cm³/mol. The smallest absolute Gasteiger partial charge is 0.355 e. The number of carbonyl (C=O) groups excluding carboxylic acids is 2. The normalized spacial score (nSPS) is 13.8. The maximum absolute atomic E-state index is 13.0. The van der Waals surface area contributed by atoms with E-state index in [4.69, 9.17) is 18.9 Å². The lowest BCUT2D eigenvalue weighted by Gasteiger charge is -2.31. The van der Waals surface area contributed by atoms with E-state index in [9.17, 15) is 14.0 Å². The first kappa shape index (κ1) is 20.3. The van der Waals surface area contributed by atoms with E-state index >= 15 is 0 Å². The zero-order chi connectivity index (χ0) is 20.8. The quantitative estimate of drug-likeness (QED) is 0.689. The third-order valence-corrected chi connectivity index (χ3v) is 4.30. The number of hydrogen-bond acceptors (Lipinski definition) is 7. The summed E-state index contributed by atoms with van der Waals surface area (Å²) in [4.78, 5) is 25.9. The minimum Gasteiger partial charge on any atom is -0.489 e. The van der Waals surface area contributed by atoms with Crippen molar-refractivity contribution in [2.45, 2.75) is 6.61 Å². The van der Waals surface area contributed by atoms with Gasteiger partial charge in [-0.15, -0.1) is 0 Å². The maximum atomic E-state index is 13.0. The lowest BCUT2D eigenvalue weighted by Crippen LogP contribution is -2.38. The van der Waals surface area contributed by atoms with Gasteiger partial charge in [-0.3, -0.25) is 0 Å². The highest BCUT2D eigenvalue weighted by Crippen LogP contribution is 2.28. The second-order valence-electron chi connectivity index (χ2n) is 6.12. The monoisotopic (exact) mass is 401 g/mol. The van der Waals surface area contributed by atoms with Crippen molar-refractivity contribution in [1.82, 2.24) is 0 Å². The Morgan fingerprint density at radius 3 is 2.28 bits per heavy atom. The van der Waals surface area contributed by atoms with Crippen LogP contribution >= 0.6 is 0 Å². The van der Waals surface area contributed by atoms with Crippen LogP contribution in [0.1, 0.15) is 5.56 Å². The molecule has 1 aliphatic heterocycles. The fraction of sp³-hybridized carbons (Fsp3) is 0.238. The van der Waals surface area contributed by atoms with Crippen LogP contribution < -0.4 is 9.64 Å². The van der Waals surface area contributed by atoms with Crippen LogP contribution in [0.2, 0.25) is 0 Å². The van der Waals surface area contributed by atoms with E-state index in [0.717, 1.165) is 5.56 Å². The molecule has 0 aliphatic carbocycles. The molecule has 1 aliphatic rings. The van der Waals surface area contributed by atoms with Crippen LogP contribution in [0.3, 0.4) is 0 Å². The van der Waals surface area contributed by atoms with E-state index in [0.29, 0.717) is 11.4 Å². The van der Waals surface area contributed by atoms with E-state index in [2.05, 4.69) is 0 Å². The lowest BCUT2D eigenvalue weighted by molar-refractivity contribution is -0.140. The summed E-state index contributed by atoms with van der Waals surface area (Å²) in [6.07, 6.45) is 0. The topological polar surface area (TPSA) is 74.3 Å². The van der Waals surface area contributed by atoms with Crippen molar-refractivity contribution in [2.24, 2.45) is 0 Å². The Hall–Kier alpha value is -3.39. The summed E-state index contributed by atoms with van der Waals surface area (Å²) in [5.41, 5.74) is 1.60. The summed E-state index contributed by atoms with van der Waals surface area (Å²) >= 11 is 0. The molecule has 0 fully saturated rings. The molecule has 1 heterocycles. The predicted octanol–water partition coefficient (Wildman–Crippen LogP) is 2.80. The second-order valence-corrected chi connectivity index (χ2v) is 6.12. The first-order valence-corrected chi connectivity index (χ1v) is 8.76. The van der Waals surface area contributed by atoms with Crippen LogP contribution in [0.5, 0.6) is 5.75 Å². The van der Waals surface area contributed by atoms with Crippen molar-refractivity contribution in [3.05, 3.63) is 71.2 Å². The average molecular weight is 401 g/mol. The average Bonchev–Trinajstić information content (AvgIpc) is 2.77. The first-order valence-electron chi connectivity index (χ1n) is 8.76. The third kappa shape index (κ3) is 4.72. The number of carbonyl (C=O) groups is 2. The fourth-order valence-corrected chi connectivity index (χ4v) is 2.82. The van der Waals surface area contributed by atoms with E-state index in [-0.39, 0.29) is 37.0 Å². The van der Waals surface area contributed by atoms with Gasteiger partial charge in [-0.25, -0.2) is 14.0 Å². The summed E-state index contributed by atoms with van der Waals surface area (Å²) in [5.74, 6) is -1.03. The summed E-state index contributed by atoms with van der Waals surface area (Å²) in [6.45, 7) is 0.305. The molecule has 0 aromatic heterocycles. The van der Waals surface area contributed by atoms with Gasteiger partial charge in [0, 0.05) is 5.69 Å². The Morgan fingerprint density at radius 2 is 1.66 bits per heavy atom. The van der Waals surface area contributed by atoms with Crippen LogP contribution in [0.25, 0.3) is 0 Å². The number of esters is 2. The SMILES string of the molecule is COC(=O)C1=C(C(=O)OC)N(c2ccc(OCc3ccc(F)cc3)cc2)COC1. The van der Waals surface area contributed by atoms with Gasteiger partial charge < -0.3 is 23.8 Å². The minimum absolute atomic E-state index is 0.0491. The van der Waals surface area contributed by atoms with Gasteiger partial charge >= 0.3 is 11.9 Å². The van der Waals surface area contributed by atoms with E-state index in [1.54, 1.807) is 36.4 Å². The first-order chi connectivity index (χ1) is 14.0. The molecule has 2 aromatic rings. The Bertz CT molecular complexity index is 908. The van der Waals surface area contributed by atoms with Gasteiger partial charge in [0.15, 0.2) is 0 Å². The number of rotatable bonds is 6. The lowest BCUT2D eigenvalue weighted by atomic mass is 10.1. The van der Waals surface area contributed by atoms with Gasteiger partial charge in [-0.1, -0.05) is 12.1 Å². The van der Waals surface area contributed by atoms with E-state index in [1.807, 2.05) is 0 Å². The van der Waals surface area contributed by atoms with Gasteiger partial charge in [-0.2, -0.15) is 0 Å². The summed E-state index contributed by atoms with van der Waals surface area (Å²) < 4.78 is 33.7. The molecule has 152 valence electrons. The molecule has 0 saturated carbocycles. The van der Waals surface area contributed by atoms with E-state index in [1.165, 1.54) is 31.3 Å². The standard InChI is InChI=1S/C21H20FNO6/c1-26-20(24)18-12-28-13-23(19(18)21(25)27-2)16-7-9-17(10-8-16)29-11-14-3-5-15(22)6-4-14/h3-10H,11-13H2,1-2H3. The van der Waals surface area contributed by atoms with Crippen LogP contribution in [-0.4, -0.2) is 39.5 Å². The Morgan fingerprint density at radius 1 is 1.00 bits per heavy atom. The third-order valence-electron chi connectivity index (χ3n) is 4.30. The molecule has 0 amide bonds. The van der Waals surface area contributed by atoms with Crippen molar-refractivity contribution >= 4 is 17.6 Å². The van der Waals surface area contributed by atoms with Crippen LogP contribution in [0, 0.1) is 5.82 Å². The Kier molecular flexibility index (Phi) is 6.46. The van der Waals surface area contributed by atoms with Crippen molar-refractivity contribution in [3.63, 3.8) is 0 Å². The molecular weight excluding hydrogens is 381 g/mol. The van der Waals surface area contributed by atoms with Gasteiger partial charge in [0.2, 0.25) is 0 Å². The Balaban J connectivity index is 1.79. The number of benzene rings is 2. The van der Waals surface area contributed by atoms with Gasteiger partial charge in [-0.05, 0) is 42.0 Å². The summed E-state index contributed by atoms with van der Waals surface area (Å²) in [7, 11) is 2.47. The molecule has 3 rings (SSSR count). The number of methoxy groups -OCH3 is 2. The molecule has 0 bridgehead atoms. The minimum atomic E-state index is -0.662. The van der Waals surface area contributed by atoms with Gasteiger partial charge in [0.25, 0.3) is 0 Å². The van der Waals surface area contributed by atoms with Crippen molar-refractivity contribution in [3.8, 4) is 5.75 Å². The second kappa shape index (κ2) is 9.20. The number of anilines is 1. The molecule has 0 unspecified atom stereocenters. The van der Waals surface area contributed by atoms with Crippen molar-refractivity contribution in [1.29, 1.82) is 0 Å². The zero-order valence-corrected chi connectivity index (χ0v) is 16.0. The maximum Gasteiger partial charge on any atom is 0.355 e. The molecular formula is C21H20FNO6. The zero-order valence-electron chi connectivity index (χ0n) is 16.0. The highest BCUT2D eigenvalue weighted by atomic mass is 19.1. The van der Waals surface area contributed by atoms with E-state index < -0.39 is 11.9 Å². The molecule has 0 atom stereocenters. The highest BCUT2D eigenvalue weighted by Gasteiger charge is 2.32. The molecule has 0 radical (unpaired) electrons.